The highest BCUT2D eigenvalue weighted by atomic mass is 35.5. The third-order valence-corrected chi connectivity index (χ3v) is 10.5. The van der Waals surface area contributed by atoms with E-state index in [0.717, 1.165) is 22.5 Å². The summed E-state index contributed by atoms with van der Waals surface area (Å²) in [6.45, 7) is 0.401. The Labute approximate surface area is 215 Å². The zero-order chi connectivity index (χ0) is 24.6. The summed E-state index contributed by atoms with van der Waals surface area (Å²) in [5, 5.41) is 0.469. The van der Waals surface area contributed by atoms with E-state index in [2.05, 4.69) is 4.98 Å². The lowest BCUT2D eigenvalue weighted by atomic mass is 10.0. The minimum atomic E-state index is -3.88. The standard InChI is InChI=1S/C23H22ClN3O5S3/c1-31-15-7-8-19-17(13-15)25-23(33-19)26(14-16-5-4-12-32-16)22(28)18-6-2-3-11-27(18)35(29,30)21-10-9-20(24)34-21/h4-5,7-10,12-13,18H,2-3,6,11,14H2,1H3. The van der Waals surface area contributed by atoms with Gasteiger partial charge in [0.05, 0.1) is 34.5 Å². The van der Waals surface area contributed by atoms with Crippen LogP contribution in [0.25, 0.3) is 10.2 Å². The normalized spacial score (nSPS) is 17.0. The van der Waals surface area contributed by atoms with Crippen LogP contribution in [0.1, 0.15) is 25.0 Å². The van der Waals surface area contributed by atoms with Gasteiger partial charge in [-0.1, -0.05) is 29.4 Å². The molecule has 0 spiro atoms. The summed E-state index contributed by atoms with van der Waals surface area (Å²) in [4.78, 5) is 20.2. The van der Waals surface area contributed by atoms with Crippen molar-refractivity contribution in [3.05, 3.63) is 58.8 Å². The van der Waals surface area contributed by atoms with E-state index < -0.39 is 16.1 Å². The van der Waals surface area contributed by atoms with E-state index in [4.69, 9.17) is 20.8 Å². The van der Waals surface area contributed by atoms with Crippen molar-refractivity contribution >= 4 is 65.6 Å². The molecule has 8 nitrogen and oxygen atoms in total. The first-order valence-electron chi connectivity index (χ1n) is 10.9. The van der Waals surface area contributed by atoms with E-state index in [1.807, 2.05) is 18.2 Å². The Bertz CT molecular complexity index is 1450. The molecule has 3 aromatic heterocycles. The average Bonchev–Trinajstić information content (AvgIpc) is 3.62. The van der Waals surface area contributed by atoms with E-state index in [1.54, 1.807) is 31.6 Å². The van der Waals surface area contributed by atoms with Crippen LogP contribution in [0.3, 0.4) is 0 Å². The molecular weight excluding hydrogens is 530 g/mol. The fourth-order valence-electron chi connectivity index (χ4n) is 4.11. The number of rotatable bonds is 7. The Morgan fingerprint density at radius 1 is 1.26 bits per heavy atom. The third-order valence-electron chi connectivity index (χ3n) is 5.82. The first-order chi connectivity index (χ1) is 16.9. The maximum atomic E-state index is 14.0. The summed E-state index contributed by atoms with van der Waals surface area (Å²) in [6.07, 6.45) is 3.39. The molecule has 0 aliphatic carbocycles. The van der Waals surface area contributed by atoms with Gasteiger partial charge in [-0.25, -0.2) is 13.4 Å². The largest absolute Gasteiger partial charge is 0.497 e. The fourth-order valence-corrected chi connectivity index (χ4v) is 8.32. The zero-order valence-corrected chi connectivity index (χ0v) is 21.9. The van der Waals surface area contributed by atoms with Crippen molar-refractivity contribution < 1.29 is 22.4 Å². The van der Waals surface area contributed by atoms with Gasteiger partial charge < -0.3 is 9.15 Å². The zero-order valence-electron chi connectivity index (χ0n) is 18.7. The molecular formula is C23H22ClN3O5S3. The number of carbonyl (C=O) groups excluding carboxylic acids is 1. The molecule has 1 amide bonds. The van der Waals surface area contributed by atoms with E-state index in [-0.39, 0.29) is 23.2 Å². The number of hydrogen-bond acceptors (Lipinski definition) is 8. The predicted molar refractivity (Wildman–Crippen MR) is 137 cm³/mol. The summed E-state index contributed by atoms with van der Waals surface area (Å²) in [6, 6.07) is 11.2. The number of thiazole rings is 1. The molecule has 1 fully saturated rings. The van der Waals surface area contributed by atoms with Crippen LogP contribution in [0.2, 0.25) is 4.34 Å². The number of ether oxygens (including phenoxy) is 1. The van der Waals surface area contributed by atoms with E-state index in [9.17, 15) is 13.2 Å². The molecule has 1 aliphatic heterocycles. The van der Waals surface area contributed by atoms with Crippen molar-refractivity contribution in [1.29, 1.82) is 0 Å². The monoisotopic (exact) mass is 551 g/mol. The highest BCUT2D eigenvalue weighted by Crippen LogP contribution is 2.36. The van der Waals surface area contributed by atoms with Crippen molar-refractivity contribution in [2.75, 3.05) is 18.6 Å². The van der Waals surface area contributed by atoms with Crippen molar-refractivity contribution in [3.8, 4) is 5.75 Å². The Balaban J connectivity index is 1.53. The molecule has 1 unspecified atom stereocenters. The molecule has 35 heavy (non-hydrogen) atoms. The topological polar surface area (TPSA) is 93.0 Å². The molecule has 0 radical (unpaired) electrons. The number of halogens is 1. The van der Waals surface area contributed by atoms with Gasteiger partial charge in [0, 0.05) is 12.6 Å². The summed E-state index contributed by atoms with van der Waals surface area (Å²) in [5.74, 6) is 0.904. The van der Waals surface area contributed by atoms with Crippen LogP contribution < -0.4 is 9.64 Å². The van der Waals surface area contributed by atoms with Gasteiger partial charge in [0.2, 0.25) is 5.91 Å². The van der Waals surface area contributed by atoms with E-state index >= 15 is 0 Å². The number of piperidine rings is 1. The van der Waals surface area contributed by atoms with Gasteiger partial charge in [0.1, 0.15) is 21.8 Å². The highest BCUT2D eigenvalue weighted by molar-refractivity contribution is 7.91. The van der Waals surface area contributed by atoms with Crippen molar-refractivity contribution in [2.24, 2.45) is 0 Å². The van der Waals surface area contributed by atoms with Gasteiger partial charge in [-0.3, -0.25) is 9.69 Å². The van der Waals surface area contributed by atoms with Crippen molar-refractivity contribution in [1.82, 2.24) is 9.29 Å². The van der Waals surface area contributed by atoms with Gasteiger partial charge in [-0.15, -0.1) is 11.3 Å². The van der Waals surface area contributed by atoms with Gasteiger partial charge in [0.15, 0.2) is 5.13 Å². The third kappa shape index (κ3) is 4.83. The lowest BCUT2D eigenvalue weighted by molar-refractivity contribution is -0.123. The summed E-state index contributed by atoms with van der Waals surface area (Å²) >= 11 is 8.36. The van der Waals surface area contributed by atoms with Gasteiger partial charge in [0.25, 0.3) is 10.0 Å². The van der Waals surface area contributed by atoms with Gasteiger partial charge in [-0.05, 0) is 49.2 Å². The second kappa shape index (κ2) is 9.90. The number of fused-ring (bicyclic) bond motifs is 1. The Kier molecular flexibility index (Phi) is 6.86. The number of nitrogens with zero attached hydrogens (tertiary/aromatic N) is 3. The van der Waals surface area contributed by atoms with Crippen molar-refractivity contribution in [2.45, 2.75) is 36.1 Å². The number of anilines is 1. The Hall–Kier alpha value is -2.44. The minimum Gasteiger partial charge on any atom is -0.497 e. The second-order valence-electron chi connectivity index (χ2n) is 8.02. The molecule has 1 aromatic carbocycles. The first kappa shape index (κ1) is 24.3. The Morgan fingerprint density at radius 2 is 2.11 bits per heavy atom. The van der Waals surface area contributed by atoms with Crippen LogP contribution >= 0.6 is 34.3 Å². The summed E-state index contributed by atoms with van der Waals surface area (Å²) < 4.78 is 40.5. The molecule has 4 aromatic rings. The predicted octanol–water partition coefficient (Wildman–Crippen LogP) is 5.39. The fraction of sp³-hybridized carbons (Fsp3) is 0.304. The number of aromatic nitrogens is 1. The average molecular weight is 552 g/mol. The number of amides is 1. The number of methoxy groups -OCH3 is 1. The molecule has 0 saturated carbocycles. The maximum Gasteiger partial charge on any atom is 0.253 e. The molecule has 1 atom stereocenters. The quantitative estimate of drug-likeness (QED) is 0.306. The molecule has 1 saturated heterocycles. The van der Waals surface area contributed by atoms with Gasteiger partial charge in [-0.2, -0.15) is 4.31 Å². The lowest BCUT2D eigenvalue weighted by Gasteiger charge is -2.35. The molecule has 5 rings (SSSR count). The number of thiophene rings is 1. The van der Waals surface area contributed by atoms with Gasteiger partial charge >= 0.3 is 0 Å². The number of sulfonamides is 1. The molecule has 12 heteroatoms. The summed E-state index contributed by atoms with van der Waals surface area (Å²) in [5.41, 5.74) is 0.697. The van der Waals surface area contributed by atoms with Crippen molar-refractivity contribution in [3.63, 3.8) is 0 Å². The Morgan fingerprint density at radius 3 is 2.83 bits per heavy atom. The summed E-state index contributed by atoms with van der Waals surface area (Å²) in [7, 11) is -2.30. The van der Waals surface area contributed by atoms with Crippen LogP contribution in [0, 0.1) is 0 Å². The van der Waals surface area contributed by atoms with Crippen LogP contribution in [0.5, 0.6) is 5.75 Å². The van der Waals surface area contributed by atoms with E-state index in [1.165, 1.54) is 26.6 Å². The van der Waals surface area contributed by atoms with Crippen LogP contribution in [0.15, 0.2) is 57.4 Å². The molecule has 1 aliphatic rings. The van der Waals surface area contributed by atoms with E-state index in [0.29, 0.717) is 39.3 Å². The van der Waals surface area contributed by atoms with Crippen LogP contribution in [-0.4, -0.2) is 43.3 Å². The SMILES string of the molecule is COc1ccc2sc(N(Cc3ccco3)C(=O)C3CCCCN3S(=O)(=O)c3ccc(Cl)s3)nc2c1. The highest BCUT2D eigenvalue weighted by Gasteiger charge is 2.41. The minimum absolute atomic E-state index is 0.131. The second-order valence-corrected chi connectivity index (χ2v) is 12.9. The number of carbonyl (C=O) groups is 1. The number of hydrogen-bond donors (Lipinski definition) is 0. The number of furan rings is 1. The lowest BCUT2D eigenvalue weighted by Crippen LogP contribution is -2.52. The first-order valence-corrected chi connectivity index (χ1v) is 14.4. The number of benzene rings is 1. The smallest absolute Gasteiger partial charge is 0.253 e. The maximum absolute atomic E-state index is 14.0. The molecule has 0 N–H and O–H groups in total. The molecule has 0 bridgehead atoms. The molecule has 184 valence electrons. The molecule has 4 heterocycles. The van der Waals surface area contributed by atoms with Crippen LogP contribution in [0.4, 0.5) is 5.13 Å². The van der Waals surface area contributed by atoms with Crippen LogP contribution in [-0.2, 0) is 21.4 Å².